The number of imidazole rings is 1. The summed E-state index contributed by atoms with van der Waals surface area (Å²) in [7, 11) is -1.37. The van der Waals surface area contributed by atoms with Crippen LogP contribution in [0.25, 0.3) is 17.0 Å². The third-order valence-corrected chi connectivity index (χ3v) is 5.30. The van der Waals surface area contributed by atoms with Crippen LogP contribution in [0.5, 0.6) is 0 Å². The van der Waals surface area contributed by atoms with E-state index in [1.165, 1.54) is 6.20 Å². The number of nitrogens with zero attached hydrogens (tertiary/aromatic N) is 7. The minimum absolute atomic E-state index is 0.196. The second-order valence-corrected chi connectivity index (χ2v) is 8.28. The van der Waals surface area contributed by atoms with Crippen molar-refractivity contribution in [1.82, 2.24) is 29.2 Å². The summed E-state index contributed by atoms with van der Waals surface area (Å²) in [5, 5.41) is -0.196. The molecule has 4 heterocycles. The van der Waals surface area contributed by atoms with Crippen molar-refractivity contribution < 1.29 is 8.42 Å². The molecule has 3 aromatic heterocycles. The normalized spacial score (nSPS) is 16.3. The third kappa shape index (κ3) is 3.01. The number of rotatable bonds is 3. The molecule has 3 aromatic rings. The summed E-state index contributed by atoms with van der Waals surface area (Å²) in [5.41, 5.74) is 1.93. The number of hydrogen-bond acceptors (Lipinski definition) is 8. The van der Waals surface area contributed by atoms with Crippen molar-refractivity contribution in [3.05, 3.63) is 30.9 Å². The summed E-state index contributed by atoms with van der Waals surface area (Å²) in [5.74, 6) is 0.823. The molecule has 26 heavy (non-hydrogen) atoms. The lowest BCUT2D eigenvalue weighted by atomic mass is 10.3. The smallest absolute Gasteiger partial charge is 0.247 e. The summed E-state index contributed by atoms with van der Waals surface area (Å²) < 4.78 is 25.4. The highest BCUT2D eigenvalue weighted by Gasteiger charge is 2.20. The summed E-state index contributed by atoms with van der Waals surface area (Å²) in [6.07, 6.45) is 7.76. The number of aromatic nitrogens is 5. The fourth-order valence-electron chi connectivity index (χ4n) is 3.00. The van der Waals surface area contributed by atoms with E-state index in [2.05, 4.69) is 36.8 Å². The Morgan fingerprint density at radius 3 is 2.54 bits per heavy atom. The van der Waals surface area contributed by atoms with Crippen LogP contribution in [-0.4, -0.2) is 77.1 Å². The monoisotopic (exact) mass is 373 g/mol. The van der Waals surface area contributed by atoms with Crippen molar-refractivity contribution in [2.75, 3.05) is 44.4 Å². The lowest BCUT2D eigenvalue weighted by Crippen LogP contribution is -2.45. The SMILES string of the molecule is CN1CCN(c2nccn3c(-c4ccnc(S(C)(=O)=O)n4)cnc23)CC1. The van der Waals surface area contributed by atoms with Gasteiger partial charge in [0.25, 0.3) is 0 Å². The Kier molecular flexibility index (Phi) is 4.08. The summed E-state index contributed by atoms with van der Waals surface area (Å²) in [6.45, 7) is 3.72. The zero-order valence-corrected chi connectivity index (χ0v) is 15.4. The first-order valence-corrected chi connectivity index (χ1v) is 10.1. The maximum absolute atomic E-state index is 11.7. The molecule has 10 heteroatoms. The zero-order chi connectivity index (χ0) is 18.3. The van der Waals surface area contributed by atoms with E-state index in [9.17, 15) is 8.42 Å². The highest BCUT2D eigenvalue weighted by atomic mass is 32.2. The topological polar surface area (TPSA) is 96.6 Å². The third-order valence-electron chi connectivity index (χ3n) is 4.44. The van der Waals surface area contributed by atoms with Gasteiger partial charge in [-0.15, -0.1) is 0 Å². The maximum Gasteiger partial charge on any atom is 0.247 e. The first kappa shape index (κ1) is 16.9. The molecule has 0 N–H and O–H groups in total. The first-order chi connectivity index (χ1) is 12.4. The number of sulfone groups is 1. The molecule has 4 rings (SSSR count). The predicted molar refractivity (Wildman–Crippen MR) is 96.8 cm³/mol. The van der Waals surface area contributed by atoms with E-state index in [1.54, 1.807) is 24.7 Å². The summed E-state index contributed by atoms with van der Waals surface area (Å²) in [6, 6.07) is 1.67. The Bertz CT molecular complexity index is 1060. The van der Waals surface area contributed by atoms with Crippen LogP contribution in [0.15, 0.2) is 36.0 Å². The van der Waals surface area contributed by atoms with Crippen LogP contribution >= 0.6 is 0 Å². The van der Waals surface area contributed by atoms with E-state index in [1.807, 2.05) is 4.40 Å². The molecule has 0 spiro atoms. The predicted octanol–water partition coefficient (Wildman–Crippen LogP) is 0.342. The van der Waals surface area contributed by atoms with Crippen LogP contribution in [-0.2, 0) is 9.84 Å². The fourth-order valence-corrected chi connectivity index (χ4v) is 3.51. The van der Waals surface area contributed by atoms with Crippen molar-refractivity contribution >= 4 is 21.3 Å². The number of likely N-dealkylation sites (N-methyl/N-ethyl adjacent to an activating group) is 1. The van der Waals surface area contributed by atoms with E-state index < -0.39 is 9.84 Å². The molecule has 1 aliphatic rings. The van der Waals surface area contributed by atoms with Crippen molar-refractivity contribution in [2.45, 2.75) is 5.16 Å². The zero-order valence-electron chi connectivity index (χ0n) is 14.6. The second kappa shape index (κ2) is 6.29. The van der Waals surface area contributed by atoms with Crippen molar-refractivity contribution in [2.24, 2.45) is 0 Å². The molecule has 9 nitrogen and oxygen atoms in total. The molecule has 0 atom stereocenters. The Morgan fingerprint density at radius 1 is 1.04 bits per heavy atom. The van der Waals surface area contributed by atoms with E-state index in [4.69, 9.17) is 0 Å². The molecule has 0 unspecified atom stereocenters. The Hall–Kier alpha value is -2.59. The minimum atomic E-state index is -3.48. The van der Waals surface area contributed by atoms with Gasteiger partial charge in [-0.2, -0.15) is 0 Å². The molecule has 0 amide bonds. The van der Waals surface area contributed by atoms with Gasteiger partial charge in [0.1, 0.15) is 0 Å². The molecule has 0 saturated carbocycles. The molecule has 1 saturated heterocycles. The van der Waals surface area contributed by atoms with Gasteiger partial charge < -0.3 is 9.80 Å². The van der Waals surface area contributed by atoms with Gasteiger partial charge in [-0.25, -0.2) is 28.4 Å². The first-order valence-electron chi connectivity index (χ1n) is 8.22. The molecular weight excluding hydrogens is 354 g/mol. The van der Waals surface area contributed by atoms with E-state index in [0.717, 1.165) is 43.9 Å². The fraction of sp³-hybridized carbons (Fsp3) is 0.375. The molecule has 0 bridgehead atoms. The average Bonchev–Trinajstić information content (AvgIpc) is 3.06. The van der Waals surface area contributed by atoms with Crippen molar-refractivity contribution in [3.8, 4) is 11.4 Å². The lowest BCUT2D eigenvalue weighted by molar-refractivity contribution is 0.312. The second-order valence-electron chi connectivity index (χ2n) is 6.37. The van der Waals surface area contributed by atoms with Gasteiger partial charge in [-0.05, 0) is 13.1 Å². The highest BCUT2D eigenvalue weighted by molar-refractivity contribution is 7.90. The van der Waals surface area contributed by atoms with Gasteiger partial charge in [0.05, 0.1) is 17.6 Å². The van der Waals surface area contributed by atoms with Gasteiger partial charge >= 0.3 is 0 Å². The van der Waals surface area contributed by atoms with E-state index in [-0.39, 0.29) is 5.16 Å². The number of piperazine rings is 1. The number of hydrogen-bond donors (Lipinski definition) is 0. The van der Waals surface area contributed by atoms with Crippen LogP contribution in [0.3, 0.4) is 0 Å². The Morgan fingerprint density at radius 2 is 1.81 bits per heavy atom. The van der Waals surface area contributed by atoms with Crippen molar-refractivity contribution in [1.29, 1.82) is 0 Å². The molecule has 0 radical (unpaired) electrons. The van der Waals surface area contributed by atoms with E-state index in [0.29, 0.717) is 11.4 Å². The van der Waals surface area contributed by atoms with Crippen LogP contribution in [0.4, 0.5) is 5.82 Å². The summed E-state index contributed by atoms with van der Waals surface area (Å²) in [4.78, 5) is 21.6. The standard InChI is InChI=1S/C16H19N7O2S/c1-21-7-9-22(10-8-21)14-15-19-11-13(23(15)6-5-17-14)12-3-4-18-16(20-12)26(2,24)25/h3-6,11H,7-10H2,1-2H3. The quantitative estimate of drug-likeness (QED) is 0.607. The minimum Gasteiger partial charge on any atom is -0.351 e. The van der Waals surface area contributed by atoms with Crippen LogP contribution in [0.2, 0.25) is 0 Å². The molecule has 0 aromatic carbocycles. The lowest BCUT2D eigenvalue weighted by Gasteiger charge is -2.33. The number of anilines is 1. The highest BCUT2D eigenvalue weighted by Crippen LogP contribution is 2.25. The molecule has 136 valence electrons. The van der Waals surface area contributed by atoms with Gasteiger partial charge in [0.2, 0.25) is 15.0 Å². The maximum atomic E-state index is 11.7. The van der Waals surface area contributed by atoms with Gasteiger partial charge in [0, 0.05) is 51.0 Å². The van der Waals surface area contributed by atoms with Gasteiger partial charge in [0.15, 0.2) is 11.5 Å². The van der Waals surface area contributed by atoms with E-state index >= 15 is 0 Å². The van der Waals surface area contributed by atoms with Crippen LogP contribution in [0.1, 0.15) is 0 Å². The molecular formula is C16H19N7O2S. The largest absolute Gasteiger partial charge is 0.351 e. The van der Waals surface area contributed by atoms with Gasteiger partial charge in [-0.1, -0.05) is 0 Å². The molecule has 1 fully saturated rings. The Labute approximate surface area is 151 Å². The van der Waals surface area contributed by atoms with Crippen LogP contribution < -0.4 is 4.90 Å². The van der Waals surface area contributed by atoms with Crippen molar-refractivity contribution in [3.63, 3.8) is 0 Å². The molecule has 1 aliphatic heterocycles. The summed E-state index contributed by atoms with van der Waals surface area (Å²) >= 11 is 0. The average molecular weight is 373 g/mol. The number of fused-ring (bicyclic) bond motifs is 1. The van der Waals surface area contributed by atoms with Crippen LogP contribution in [0, 0.1) is 0 Å². The molecule has 0 aliphatic carbocycles. The Balaban J connectivity index is 1.78. The van der Waals surface area contributed by atoms with Gasteiger partial charge in [-0.3, -0.25) is 4.40 Å².